The standard InChI is InChI=1S/C16H13F4NO2/c17-13-4-2-1-3-12(13)10-5-6-14(22-11-8-21-9-11)15(7-10)23-16(18,19)20/h1-7,11,21H,8-9H2. The summed E-state index contributed by atoms with van der Waals surface area (Å²) in [6.45, 7) is 1.11. The van der Waals surface area contributed by atoms with E-state index in [1.165, 1.54) is 30.3 Å². The number of rotatable bonds is 4. The molecule has 1 aliphatic rings. The van der Waals surface area contributed by atoms with Gasteiger partial charge in [0.15, 0.2) is 11.5 Å². The van der Waals surface area contributed by atoms with Crippen molar-refractivity contribution in [2.45, 2.75) is 12.5 Å². The van der Waals surface area contributed by atoms with E-state index in [1.807, 2.05) is 0 Å². The molecular formula is C16H13F4NO2. The number of hydrogen-bond acceptors (Lipinski definition) is 3. The molecule has 1 saturated heterocycles. The van der Waals surface area contributed by atoms with Gasteiger partial charge in [-0.25, -0.2) is 4.39 Å². The average Bonchev–Trinajstić information content (AvgIpc) is 2.43. The summed E-state index contributed by atoms with van der Waals surface area (Å²) in [6, 6.07) is 9.83. The molecular weight excluding hydrogens is 314 g/mol. The number of ether oxygens (including phenoxy) is 2. The van der Waals surface area contributed by atoms with Crippen LogP contribution in [0.2, 0.25) is 0 Å². The summed E-state index contributed by atoms with van der Waals surface area (Å²) in [5.74, 6) is -1.03. The van der Waals surface area contributed by atoms with E-state index in [0.29, 0.717) is 13.1 Å². The molecule has 3 rings (SSSR count). The lowest BCUT2D eigenvalue weighted by Gasteiger charge is -2.28. The lowest BCUT2D eigenvalue weighted by molar-refractivity contribution is -0.275. The topological polar surface area (TPSA) is 30.5 Å². The SMILES string of the molecule is Fc1ccccc1-c1ccc(OC2CNC2)c(OC(F)(F)F)c1. The van der Waals surface area contributed by atoms with Gasteiger partial charge in [0.05, 0.1) is 0 Å². The number of benzene rings is 2. The molecule has 1 heterocycles. The van der Waals surface area contributed by atoms with Gasteiger partial charge in [0.1, 0.15) is 11.9 Å². The second-order valence-corrected chi connectivity index (χ2v) is 5.09. The Morgan fingerprint density at radius 1 is 1.00 bits per heavy atom. The zero-order valence-corrected chi connectivity index (χ0v) is 11.9. The normalized spacial score (nSPS) is 15.1. The van der Waals surface area contributed by atoms with E-state index in [1.54, 1.807) is 6.07 Å². The molecule has 7 heteroatoms. The van der Waals surface area contributed by atoms with Crippen LogP contribution < -0.4 is 14.8 Å². The Bertz CT molecular complexity index is 699. The predicted molar refractivity (Wildman–Crippen MR) is 75.8 cm³/mol. The average molecular weight is 327 g/mol. The highest BCUT2D eigenvalue weighted by molar-refractivity contribution is 5.67. The van der Waals surface area contributed by atoms with Crippen LogP contribution in [-0.2, 0) is 0 Å². The van der Waals surface area contributed by atoms with Crippen molar-refractivity contribution in [2.24, 2.45) is 0 Å². The molecule has 2 aromatic rings. The van der Waals surface area contributed by atoms with Crippen molar-refractivity contribution in [1.29, 1.82) is 0 Å². The first-order valence-corrected chi connectivity index (χ1v) is 6.94. The van der Waals surface area contributed by atoms with Crippen LogP contribution in [0.4, 0.5) is 17.6 Å². The minimum atomic E-state index is -4.86. The van der Waals surface area contributed by atoms with Crippen molar-refractivity contribution in [3.63, 3.8) is 0 Å². The molecule has 0 unspecified atom stereocenters. The summed E-state index contributed by atoms with van der Waals surface area (Å²) in [5, 5.41) is 2.96. The van der Waals surface area contributed by atoms with Gasteiger partial charge < -0.3 is 14.8 Å². The van der Waals surface area contributed by atoms with E-state index < -0.39 is 17.9 Å². The molecule has 0 spiro atoms. The van der Waals surface area contributed by atoms with Crippen molar-refractivity contribution < 1.29 is 27.0 Å². The van der Waals surface area contributed by atoms with Gasteiger partial charge in [0.2, 0.25) is 0 Å². The maximum Gasteiger partial charge on any atom is 0.573 e. The highest BCUT2D eigenvalue weighted by atomic mass is 19.4. The molecule has 23 heavy (non-hydrogen) atoms. The maximum atomic E-state index is 13.8. The highest BCUT2D eigenvalue weighted by Gasteiger charge is 2.33. The van der Waals surface area contributed by atoms with Gasteiger partial charge >= 0.3 is 6.36 Å². The highest BCUT2D eigenvalue weighted by Crippen LogP contribution is 2.37. The number of hydrogen-bond donors (Lipinski definition) is 1. The largest absolute Gasteiger partial charge is 0.573 e. The number of alkyl halides is 3. The lowest BCUT2D eigenvalue weighted by Crippen LogP contribution is -2.50. The molecule has 0 atom stereocenters. The second kappa shape index (κ2) is 6.08. The minimum Gasteiger partial charge on any atom is -0.484 e. The second-order valence-electron chi connectivity index (χ2n) is 5.09. The van der Waals surface area contributed by atoms with Gasteiger partial charge in [-0.15, -0.1) is 13.2 Å². The van der Waals surface area contributed by atoms with Crippen molar-refractivity contribution >= 4 is 0 Å². The molecule has 1 fully saturated rings. The fourth-order valence-corrected chi connectivity index (χ4v) is 2.20. The Morgan fingerprint density at radius 2 is 1.74 bits per heavy atom. The van der Waals surface area contributed by atoms with Crippen LogP contribution in [0.15, 0.2) is 42.5 Å². The Labute approximate surface area is 129 Å². The van der Waals surface area contributed by atoms with Gasteiger partial charge in [-0.05, 0) is 23.8 Å². The van der Waals surface area contributed by atoms with Crippen molar-refractivity contribution in [3.8, 4) is 22.6 Å². The molecule has 2 aromatic carbocycles. The summed E-state index contributed by atoms with van der Waals surface area (Å²) in [7, 11) is 0. The molecule has 3 nitrogen and oxygen atoms in total. The fraction of sp³-hybridized carbons (Fsp3) is 0.250. The number of halogens is 4. The first-order chi connectivity index (χ1) is 10.9. The van der Waals surface area contributed by atoms with Crippen LogP contribution in [0.5, 0.6) is 11.5 Å². The smallest absolute Gasteiger partial charge is 0.484 e. The third-order valence-corrected chi connectivity index (χ3v) is 3.39. The Hall–Kier alpha value is -2.28. The minimum absolute atomic E-state index is 0.0195. The van der Waals surface area contributed by atoms with E-state index in [9.17, 15) is 17.6 Å². The van der Waals surface area contributed by atoms with Crippen LogP contribution in [0.25, 0.3) is 11.1 Å². The Morgan fingerprint density at radius 3 is 2.35 bits per heavy atom. The molecule has 0 aromatic heterocycles. The van der Waals surface area contributed by atoms with Crippen molar-refractivity contribution in [3.05, 3.63) is 48.3 Å². The zero-order chi connectivity index (χ0) is 16.4. The summed E-state index contributed by atoms with van der Waals surface area (Å²) in [4.78, 5) is 0. The predicted octanol–water partition coefficient (Wildman–Crippen LogP) is 3.74. The van der Waals surface area contributed by atoms with E-state index >= 15 is 0 Å². The van der Waals surface area contributed by atoms with Crippen LogP contribution in [0, 0.1) is 5.82 Å². The van der Waals surface area contributed by atoms with E-state index in [4.69, 9.17) is 4.74 Å². The quantitative estimate of drug-likeness (QED) is 0.868. The monoisotopic (exact) mass is 327 g/mol. The molecule has 0 radical (unpaired) electrons. The van der Waals surface area contributed by atoms with Gasteiger partial charge in [-0.3, -0.25) is 0 Å². The van der Waals surface area contributed by atoms with E-state index in [0.717, 1.165) is 6.07 Å². The molecule has 1 aliphatic heterocycles. The summed E-state index contributed by atoms with van der Waals surface area (Å²) < 4.78 is 61.1. The fourth-order valence-electron chi connectivity index (χ4n) is 2.20. The van der Waals surface area contributed by atoms with Gasteiger partial charge in [-0.1, -0.05) is 24.3 Å². The first-order valence-electron chi connectivity index (χ1n) is 6.94. The molecule has 0 amide bonds. The number of nitrogens with one attached hydrogen (secondary N) is 1. The van der Waals surface area contributed by atoms with Gasteiger partial charge in [0, 0.05) is 18.7 Å². The summed E-state index contributed by atoms with van der Waals surface area (Å²) in [6.07, 6.45) is -5.06. The van der Waals surface area contributed by atoms with Crippen LogP contribution in [0.3, 0.4) is 0 Å². The van der Waals surface area contributed by atoms with Crippen LogP contribution in [0.1, 0.15) is 0 Å². The van der Waals surface area contributed by atoms with Crippen molar-refractivity contribution in [2.75, 3.05) is 13.1 Å². The molecule has 0 aliphatic carbocycles. The maximum absolute atomic E-state index is 13.8. The molecule has 0 saturated carbocycles. The van der Waals surface area contributed by atoms with E-state index in [2.05, 4.69) is 10.1 Å². The first kappa shape index (κ1) is 15.6. The Balaban J connectivity index is 1.96. The molecule has 0 bridgehead atoms. The molecule has 122 valence electrons. The zero-order valence-electron chi connectivity index (χ0n) is 11.9. The Kier molecular flexibility index (Phi) is 4.12. The van der Waals surface area contributed by atoms with Crippen LogP contribution >= 0.6 is 0 Å². The summed E-state index contributed by atoms with van der Waals surface area (Å²) >= 11 is 0. The lowest BCUT2D eigenvalue weighted by atomic mass is 10.0. The third kappa shape index (κ3) is 3.73. The van der Waals surface area contributed by atoms with E-state index in [-0.39, 0.29) is 23.0 Å². The summed E-state index contributed by atoms with van der Waals surface area (Å²) in [5.41, 5.74) is 0.470. The van der Waals surface area contributed by atoms with Crippen molar-refractivity contribution in [1.82, 2.24) is 5.32 Å². The molecule has 1 N–H and O–H groups in total. The van der Waals surface area contributed by atoms with Gasteiger partial charge in [-0.2, -0.15) is 0 Å². The van der Waals surface area contributed by atoms with Gasteiger partial charge in [0.25, 0.3) is 0 Å². The van der Waals surface area contributed by atoms with Crippen LogP contribution in [-0.4, -0.2) is 25.6 Å². The third-order valence-electron chi connectivity index (χ3n) is 3.39.